The van der Waals surface area contributed by atoms with Crippen molar-refractivity contribution in [3.8, 4) is 5.75 Å². The highest BCUT2D eigenvalue weighted by Gasteiger charge is 2.47. The SMILES string of the molecule is COc1cnn(C(C)C)c1C1(O)CC2CCC(C1)N2. The molecule has 0 radical (unpaired) electrons. The topological polar surface area (TPSA) is 59.3 Å². The van der Waals surface area contributed by atoms with Crippen molar-refractivity contribution in [2.75, 3.05) is 7.11 Å². The molecule has 3 heterocycles. The minimum absolute atomic E-state index is 0.218. The summed E-state index contributed by atoms with van der Waals surface area (Å²) in [6.45, 7) is 4.16. The van der Waals surface area contributed by atoms with Crippen LogP contribution in [0.5, 0.6) is 5.75 Å². The number of aliphatic hydroxyl groups is 1. The van der Waals surface area contributed by atoms with E-state index < -0.39 is 5.60 Å². The van der Waals surface area contributed by atoms with Crippen molar-refractivity contribution in [2.45, 2.75) is 63.3 Å². The van der Waals surface area contributed by atoms with Gasteiger partial charge in [-0.3, -0.25) is 4.68 Å². The summed E-state index contributed by atoms with van der Waals surface area (Å²) >= 11 is 0. The van der Waals surface area contributed by atoms with Crippen LogP contribution in [-0.2, 0) is 5.60 Å². The van der Waals surface area contributed by atoms with Gasteiger partial charge in [-0.2, -0.15) is 5.10 Å². The molecule has 106 valence electrons. The van der Waals surface area contributed by atoms with E-state index in [0.29, 0.717) is 17.8 Å². The molecule has 0 amide bonds. The van der Waals surface area contributed by atoms with Crippen molar-refractivity contribution < 1.29 is 9.84 Å². The number of rotatable bonds is 3. The van der Waals surface area contributed by atoms with Gasteiger partial charge in [0.25, 0.3) is 0 Å². The van der Waals surface area contributed by atoms with Crippen LogP contribution in [0.25, 0.3) is 0 Å². The zero-order valence-electron chi connectivity index (χ0n) is 11.9. The number of hydrogen-bond acceptors (Lipinski definition) is 4. The van der Waals surface area contributed by atoms with E-state index in [4.69, 9.17) is 4.74 Å². The predicted octanol–water partition coefficient (Wildman–Crippen LogP) is 1.57. The summed E-state index contributed by atoms with van der Waals surface area (Å²) in [6.07, 6.45) is 5.53. The summed E-state index contributed by atoms with van der Waals surface area (Å²) in [7, 11) is 1.64. The summed E-state index contributed by atoms with van der Waals surface area (Å²) in [4.78, 5) is 0. The van der Waals surface area contributed by atoms with Gasteiger partial charge >= 0.3 is 0 Å². The largest absolute Gasteiger partial charge is 0.493 e. The number of aromatic nitrogens is 2. The number of piperidine rings is 1. The van der Waals surface area contributed by atoms with E-state index >= 15 is 0 Å². The Morgan fingerprint density at radius 3 is 2.58 bits per heavy atom. The lowest BCUT2D eigenvalue weighted by Crippen LogP contribution is -2.47. The van der Waals surface area contributed by atoms with Crippen LogP contribution in [0, 0.1) is 0 Å². The van der Waals surface area contributed by atoms with Crippen LogP contribution in [0.3, 0.4) is 0 Å². The van der Waals surface area contributed by atoms with Crippen LogP contribution in [0.2, 0.25) is 0 Å². The van der Waals surface area contributed by atoms with Gasteiger partial charge in [0.05, 0.1) is 13.3 Å². The van der Waals surface area contributed by atoms with Crippen LogP contribution in [0.15, 0.2) is 6.20 Å². The molecule has 1 aromatic rings. The summed E-state index contributed by atoms with van der Waals surface area (Å²) < 4.78 is 7.33. The summed E-state index contributed by atoms with van der Waals surface area (Å²) in [5, 5.41) is 19.1. The lowest BCUT2D eigenvalue weighted by atomic mass is 9.84. The minimum Gasteiger partial charge on any atom is -0.493 e. The van der Waals surface area contributed by atoms with E-state index in [9.17, 15) is 5.11 Å². The number of hydrogen-bond donors (Lipinski definition) is 2. The molecule has 2 N–H and O–H groups in total. The Hall–Kier alpha value is -1.07. The van der Waals surface area contributed by atoms with Crippen LogP contribution in [0.1, 0.15) is 51.3 Å². The van der Waals surface area contributed by atoms with Crippen molar-refractivity contribution in [3.63, 3.8) is 0 Å². The second kappa shape index (κ2) is 4.49. The quantitative estimate of drug-likeness (QED) is 0.871. The monoisotopic (exact) mass is 265 g/mol. The van der Waals surface area contributed by atoms with E-state index in [1.54, 1.807) is 13.3 Å². The maximum absolute atomic E-state index is 11.2. The average molecular weight is 265 g/mol. The van der Waals surface area contributed by atoms with E-state index in [0.717, 1.165) is 31.4 Å². The molecule has 2 aliphatic rings. The second-order valence-electron chi connectivity index (χ2n) is 6.18. The molecule has 3 rings (SSSR count). The molecule has 2 bridgehead atoms. The molecule has 5 heteroatoms. The van der Waals surface area contributed by atoms with Gasteiger partial charge in [-0.1, -0.05) is 0 Å². The molecule has 5 nitrogen and oxygen atoms in total. The van der Waals surface area contributed by atoms with Gasteiger partial charge in [-0.25, -0.2) is 0 Å². The molecule has 0 aromatic carbocycles. The fraction of sp³-hybridized carbons (Fsp3) is 0.786. The number of methoxy groups -OCH3 is 1. The molecule has 0 aliphatic carbocycles. The van der Waals surface area contributed by atoms with Gasteiger partial charge < -0.3 is 15.2 Å². The lowest BCUT2D eigenvalue weighted by Gasteiger charge is -2.38. The van der Waals surface area contributed by atoms with Crippen molar-refractivity contribution in [3.05, 3.63) is 11.9 Å². The van der Waals surface area contributed by atoms with Crippen LogP contribution in [-0.4, -0.2) is 34.1 Å². The van der Waals surface area contributed by atoms with Crippen molar-refractivity contribution in [1.82, 2.24) is 15.1 Å². The molecule has 2 unspecified atom stereocenters. The molecule has 1 aromatic heterocycles. The smallest absolute Gasteiger partial charge is 0.162 e. The van der Waals surface area contributed by atoms with Crippen molar-refractivity contribution in [1.29, 1.82) is 0 Å². The standard InChI is InChI=1S/C14H23N3O2/c1-9(2)17-13(12(19-3)8-15-17)14(18)6-10-4-5-11(7-14)16-10/h8-11,16,18H,4-7H2,1-3H3. The zero-order valence-corrected chi connectivity index (χ0v) is 11.9. The molecule has 0 spiro atoms. The van der Waals surface area contributed by atoms with E-state index in [2.05, 4.69) is 24.3 Å². The van der Waals surface area contributed by atoms with Gasteiger partial charge in [0.2, 0.25) is 0 Å². The van der Waals surface area contributed by atoms with E-state index in [1.807, 2.05) is 4.68 Å². The minimum atomic E-state index is -0.816. The predicted molar refractivity (Wildman–Crippen MR) is 72.2 cm³/mol. The van der Waals surface area contributed by atoms with E-state index in [1.165, 1.54) is 0 Å². The van der Waals surface area contributed by atoms with Gasteiger partial charge in [0.1, 0.15) is 11.3 Å². The third-order valence-corrected chi connectivity index (χ3v) is 4.41. The second-order valence-corrected chi connectivity index (χ2v) is 6.18. The van der Waals surface area contributed by atoms with Gasteiger partial charge in [0.15, 0.2) is 5.75 Å². The Labute approximate surface area is 113 Å². The molecule has 19 heavy (non-hydrogen) atoms. The van der Waals surface area contributed by atoms with Gasteiger partial charge in [0, 0.05) is 18.1 Å². The third-order valence-electron chi connectivity index (χ3n) is 4.41. The number of ether oxygens (including phenoxy) is 1. The maximum Gasteiger partial charge on any atom is 0.162 e. The first kappa shape index (κ1) is 12.9. The third kappa shape index (κ3) is 2.05. The Kier molecular flexibility index (Phi) is 3.06. The summed E-state index contributed by atoms with van der Waals surface area (Å²) in [5.41, 5.74) is 0.0341. The van der Waals surface area contributed by atoms with Crippen molar-refractivity contribution in [2.24, 2.45) is 0 Å². The average Bonchev–Trinajstić information content (AvgIpc) is 2.93. The summed E-state index contributed by atoms with van der Waals surface area (Å²) in [5.74, 6) is 0.706. The zero-order chi connectivity index (χ0) is 13.6. The van der Waals surface area contributed by atoms with Gasteiger partial charge in [-0.15, -0.1) is 0 Å². The fourth-order valence-electron chi connectivity index (χ4n) is 3.65. The molecule has 2 saturated heterocycles. The molecule has 2 fully saturated rings. The summed E-state index contributed by atoms with van der Waals surface area (Å²) in [6, 6.07) is 1.06. The lowest BCUT2D eigenvalue weighted by molar-refractivity contribution is -0.0217. The van der Waals surface area contributed by atoms with Crippen molar-refractivity contribution >= 4 is 0 Å². The normalized spacial score (nSPS) is 33.9. The first-order chi connectivity index (χ1) is 9.03. The number of nitrogens with zero attached hydrogens (tertiary/aromatic N) is 2. The molecular weight excluding hydrogens is 242 g/mol. The Bertz CT molecular complexity index is 457. The van der Waals surface area contributed by atoms with Crippen LogP contribution >= 0.6 is 0 Å². The highest BCUT2D eigenvalue weighted by Crippen LogP contribution is 2.44. The fourth-order valence-corrected chi connectivity index (χ4v) is 3.65. The number of fused-ring (bicyclic) bond motifs is 2. The number of nitrogens with one attached hydrogen (secondary N) is 1. The maximum atomic E-state index is 11.2. The first-order valence-electron chi connectivity index (χ1n) is 7.14. The molecule has 2 atom stereocenters. The van der Waals surface area contributed by atoms with Gasteiger partial charge in [-0.05, 0) is 39.5 Å². The molecule has 0 saturated carbocycles. The first-order valence-corrected chi connectivity index (χ1v) is 7.14. The highest BCUT2D eigenvalue weighted by atomic mass is 16.5. The molecule has 2 aliphatic heterocycles. The van der Waals surface area contributed by atoms with E-state index in [-0.39, 0.29) is 6.04 Å². The Morgan fingerprint density at radius 2 is 2.05 bits per heavy atom. The Morgan fingerprint density at radius 1 is 1.42 bits per heavy atom. The Balaban J connectivity index is 2.02. The van der Waals surface area contributed by atoms with Crippen LogP contribution in [0.4, 0.5) is 0 Å². The highest BCUT2D eigenvalue weighted by molar-refractivity contribution is 5.32. The van der Waals surface area contributed by atoms with Crippen LogP contribution < -0.4 is 10.1 Å². The molecular formula is C14H23N3O2.